The van der Waals surface area contributed by atoms with Gasteiger partial charge < -0.3 is 14.5 Å². The molecule has 1 fully saturated rings. The lowest BCUT2D eigenvalue weighted by molar-refractivity contribution is -0.120. The Balaban J connectivity index is 1.57. The van der Waals surface area contributed by atoms with E-state index in [1.165, 1.54) is 0 Å². The Hall–Kier alpha value is -1.86. The largest absolute Gasteiger partial charge is 0.444 e. The van der Waals surface area contributed by atoms with E-state index in [1.54, 1.807) is 22.1 Å². The number of nitrogens with zero attached hydrogens (tertiary/aromatic N) is 4. The van der Waals surface area contributed by atoms with Crippen LogP contribution in [0.5, 0.6) is 0 Å². The average Bonchev–Trinajstić information content (AvgIpc) is 2.96. The minimum absolute atomic E-state index is 0.00842. The van der Waals surface area contributed by atoms with Crippen LogP contribution in [0.25, 0.3) is 0 Å². The molecule has 1 aromatic heterocycles. The van der Waals surface area contributed by atoms with E-state index >= 15 is 0 Å². The molecule has 0 bridgehead atoms. The van der Waals surface area contributed by atoms with E-state index in [4.69, 9.17) is 16.3 Å². The van der Waals surface area contributed by atoms with Crippen LogP contribution in [-0.2, 0) is 16.0 Å². The molecule has 3 rings (SSSR count). The van der Waals surface area contributed by atoms with Crippen LogP contribution in [0.1, 0.15) is 33.3 Å². The van der Waals surface area contributed by atoms with Crippen LogP contribution in [0.3, 0.4) is 0 Å². The highest BCUT2D eigenvalue weighted by Crippen LogP contribution is 2.29. The summed E-state index contributed by atoms with van der Waals surface area (Å²) in [5, 5.41) is 0.396. The SMILES string of the molecule is CC1CN(CC(=O)N2CCc3cnc(Cl)cc32)CCN1C(=O)OC(C)(C)C. The van der Waals surface area contributed by atoms with Crippen molar-refractivity contribution in [2.75, 3.05) is 37.6 Å². The Kier molecular flexibility index (Phi) is 5.63. The van der Waals surface area contributed by atoms with Crippen LogP contribution in [-0.4, -0.2) is 71.2 Å². The molecule has 1 atom stereocenters. The van der Waals surface area contributed by atoms with Crippen LogP contribution in [0, 0.1) is 0 Å². The Morgan fingerprint density at radius 2 is 2.04 bits per heavy atom. The van der Waals surface area contributed by atoms with Gasteiger partial charge >= 0.3 is 6.09 Å². The second-order valence-electron chi connectivity index (χ2n) is 8.19. The number of rotatable bonds is 2. The number of piperazine rings is 1. The number of pyridine rings is 1. The molecule has 3 heterocycles. The van der Waals surface area contributed by atoms with Crippen LogP contribution in [0.15, 0.2) is 12.3 Å². The van der Waals surface area contributed by atoms with Gasteiger partial charge in [0.25, 0.3) is 0 Å². The van der Waals surface area contributed by atoms with Crippen LogP contribution >= 0.6 is 11.6 Å². The standard InChI is InChI=1S/C19H27ClN4O3/c1-13-11-22(7-8-23(13)18(26)27-19(2,3)4)12-17(25)24-6-5-14-10-21-16(20)9-15(14)24/h9-10,13H,5-8,11-12H2,1-4H3. The summed E-state index contributed by atoms with van der Waals surface area (Å²) in [6.45, 7) is 10.4. The zero-order valence-corrected chi connectivity index (χ0v) is 17.1. The van der Waals surface area contributed by atoms with Crippen molar-refractivity contribution < 1.29 is 14.3 Å². The summed E-state index contributed by atoms with van der Waals surface area (Å²) in [7, 11) is 0. The van der Waals surface area contributed by atoms with E-state index in [9.17, 15) is 9.59 Å². The summed E-state index contributed by atoms with van der Waals surface area (Å²) in [5.41, 5.74) is 1.40. The number of aromatic nitrogens is 1. The lowest BCUT2D eigenvalue weighted by Crippen LogP contribution is -2.56. The first kappa shape index (κ1) is 19.9. The Bertz CT molecular complexity index is 734. The molecule has 0 saturated carbocycles. The van der Waals surface area contributed by atoms with Gasteiger partial charge in [0.2, 0.25) is 5.91 Å². The van der Waals surface area contributed by atoms with Crippen LogP contribution < -0.4 is 4.90 Å². The monoisotopic (exact) mass is 394 g/mol. The fourth-order valence-electron chi connectivity index (χ4n) is 3.55. The van der Waals surface area contributed by atoms with Gasteiger partial charge in [-0.05, 0) is 45.7 Å². The smallest absolute Gasteiger partial charge is 0.410 e. The number of carbonyl (C=O) groups is 2. The van der Waals surface area contributed by atoms with Gasteiger partial charge in [-0.1, -0.05) is 11.6 Å². The highest BCUT2D eigenvalue weighted by molar-refractivity contribution is 6.29. The Morgan fingerprint density at radius 1 is 1.30 bits per heavy atom. The maximum Gasteiger partial charge on any atom is 0.410 e. The topological polar surface area (TPSA) is 66.0 Å². The van der Waals surface area contributed by atoms with Crippen LogP contribution in [0.2, 0.25) is 5.15 Å². The van der Waals surface area contributed by atoms with Gasteiger partial charge in [0, 0.05) is 38.4 Å². The summed E-state index contributed by atoms with van der Waals surface area (Å²) in [6.07, 6.45) is 2.25. The fraction of sp³-hybridized carbons (Fsp3) is 0.632. The average molecular weight is 395 g/mol. The number of hydrogen-bond acceptors (Lipinski definition) is 5. The first-order chi connectivity index (χ1) is 12.6. The molecule has 2 aliphatic rings. The van der Waals surface area contributed by atoms with Gasteiger partial charge in [0.05, 0.1) is 12.2 Å². The highest BCUT2D eigenvalue weighted by Gasteiger charge is 2.33. The zero-order chi connectivity index (χ0) is 19.8. The molecule has 1 unspecified atom stereocenters. The first-order valence-corrected chi connectivity index (χ1v) is 9.68. The molecule has 7 nitrogen and oxygen atoms in total. The quantitative estimate of drug-likeness (QED) is 0.721. The van der Waals surface area contributed by atoms with Crippen molar-refractivity contribution in [3.8, 4) is 0 Å². The summed E-state index contributed by atoms with van der Waals surface area (Å²) < 4.78 is 5.47. The second kappa shape index (κ2) is 7.64. The number of carbonyl (C=O) groups excluding carboxylic acids is 2. The van der Waals surface area contributed by atoms with Crippen molar-refractivity contribution >= 4 is 29.3 Å². The summed E-state index contributed by atoms with van der Waals surface area (Å²) in [4.78, 5) is 34.8. The van der Waals surface area contributed by atoms with Crippen molar-refractivity contribution in [1.82, 2.24) is 14.8 Å². The van der Waals surface area contributed by atoms with Crippen LogP contribution in [0.4, 0.5) is 10.5 Å². The minimum atomic E-state index is -0.511. The third kappa shape index (κ3) is 4.71. The molecule has 2 amide bonds. The number of ether oxygens (including phenoxy) is 1. The molecular formula is C19H27ClN4O3. The van der Waals surface area contributed by atoms with Gasteiger partial charge in [0.15, 0.2) is 0 Å². The predicted octanol–water partition coefficient (Wildman–Crippen LogP) is 2.57. The number of fused-ring (bicyclic) bond motifs is 1. The third-order valence-corrected chi connectivity index (χ3v) is 5.03. The van der Waals surface area contributed by atoms with Gasteiger partial charge in [-0.2, -0.15) is 0 Å². The molecule has 0 radical (unpaired) electrons. The minimum Gasteiger partial charge on any atom is -0.444 e. The van der Waals surface area contributed by atoms with Crippen molar-refractivity contribution in [3.63, 3.8) is 0 Å². The second-order valence-corrected chi connectivity index (χ2v) is 8.58. The molecule has 1 aromatic rings. The third-order valence-electron chi connectivity index (χ3n) is 4.82. The summed E-state index contributed by atoms with van der Waals surface area (Å²) in [5.74, 6) is 0.0499. The molecule has 2 aliphatic heterocycles. The Morgan fingerprint density at radius 3 is 2.70 bits per heavy atom. The summed E-state index contributed by atoms with van der Waals surface area (Å²) in [6, 6.07) is 1.75. The van der Waals surface area contributed by atoms with Crippen molar-refractivity contribution in [2.24, 2.45) is 0 Å². The molecule has 148 valence electrons. The van der Waals surface area contributed by atoms with E-state index < -0.39 is 5.60 Å². The normalized spacial score (nSPS) is 20.6. The molecule has 0 aromatic carbocycles. The van der Waals surface area contributed by atoms with Gasteiger partial charge in [-0.15, -0.1) is 0 Å². The first-order valence-electron chi connectivity index (χ1n) is 9.31. The van der Waals surface area contributed by atoms with Crippen molar-refractivity contribution in [2.45, 2.75) is 45.8 Å². The van der Waals surface area contributed by atoms with E-state index in [1.807, 2.05) is 27.7 Å². The molecular weight excluding hydrogens is 368 g/mol. The fourth-order valence-corrected chi connectivity index (χ4v) is 3.70. The molecule has 0 N–H and O–H groups in total. The van der Waals surface area contributed by atoms with Crippen molar-refractivity contribution in [1.29, 1.82) is 0 Å². The molecule has 1 saturated heterocycles. The number of anilines is 1. The van der Waals surface area contributed by atoms with E-state index in [-0.39, 0.29) is 18.0 Å². The van der Waals surface area contributed by atoms with Gasteiger partial charge in [0.1, 0.15) is 10.8 Å². The molecule has 0 spiro atoms. The number of amides is 2. The maximum absolute atomic E-state index is 12.8. The highest BCUT2D eigenvalue weighted by atomic mass is 35.5. The van der Waals surface area contributed by atoms with E-state index in [0.29, 0.717) is 37.9 Å². The zero-order valence-electron chi connectivity index (χ0n) is 16.4. The molecule has 27 heavy (non-hydrogen) atoms. The lowest BCUT2D eigenvalue weighted by atomic mass is 10.2. The van der Waals surface area contributed by atoms with Crippen molar-refractivity contribution in [3.05, 3.63) is 23.0 Å². The Labute approximate surface area is 165 Å². The lowest BCUT2D eigenvalue weighted by Gasteiger charge is -2.40. The van der Waals surface area contributed by atoms with Gasteiger partial charge in [-0.25, -0.2) is 9.78 Å². The number of halogens is 1. The van der Waals surface area contributed by atoms with E-state index in [0.717, 1.165) is 17.7 Å². The number of hydrogen-bond donors (Lipinski definition) is 0. The van der Waals surface area contributed by atoms with Gasteiger partial charge in [-0.3, -0.25) is 9.69 Å². The predicted molar refractivity (Wildman–Crippen MR) is 104 cm³/mol. The van der Waals surface area contributed by atoms with E-state index in [2.05, 4.69) is 9.88 Å². The molecule has 0 aliphatic carbocycles. The molecule has 8 heteroatoms. The summed E-state index contributed by atoms with van der Waals surface area (Å²) >= 11 is 5.99. The maximum atomic E-state index is 12.8.